The maximum atomic E-state index is 12.2. The molecule has 3 N–H and O–H groups in total. The van der Waals surface area contributed by atoms with E-state index in [-0.39, 0.29) is 16.9 Å². The zero-order valence-electron chi connectivity index (χ0n) is 14.0. The molecular formula is C17H19N5OS2. The number of aryl methyl sites for hydroxylation is 1. The summed E-state index contributed by atoms with van der Waals surface area (Å²) in [5.74, 6) is 0.439. The summed E-state index contributed by atoms with van der Waals surface area (Å²) in [6, 6.07) is 11.4. The monoisotopic (exact) mass is 373 g/mol. The summed E-state index contributed by atoms with van der Waals surface area (Å²) in [5, 5.41) is 12.3. The average molecular weight is 374 g/mol. The summed E-state index contributed by atoms with van der Waals surface area (Å²) in [6.45, 7) is 3.82. The van der Waals surface area contributed by atoms with E-state index in [4.69, 9.17) is 11.0 Å². The van der Waals surface area contributed by atoms with Crippen molar-refractivity contribution < 1.29 is 4.79 Å². The number of rotatable bonds is 7. The molecule has 1 atom stereocenters. The molecule has 1 unspecified atom stereocenters. The third kappa shape index (κ3) is 6.29. The molecule has 25 heavy (non-hydrogen) atoms. The minimum absolute atomic E-state index is 0.144. The van der Waals surface area contributed by atoms with Gasteiger partial charge in [-0.05, 0) is 19.1 Å². The van der Waals surface area contributed by atoms with Gasteiger partial charge in [-0.3, -0.25) is 4.79 Å². The highest BCUT2D eigenvalue weighted by Crippen LogP contribution is 2.31. The van der Waals surface area contributed by atoms with Crippen molar-refractivity contribution in [2.24, 2.45) is 0 Å². The summed E-state index contributed by atoms with van der Waals surface area (Å²) in [6.07, 6.45) is 0.453. The van der Waals surface area contributed by atoms with E-state index in [2.05, 4.69) is 21.4 Å². The molecule has 0 fully saturated rings. The van der Waals surface area contributed by atoms with E-state index in [0.717, 1.165) is 16.3 Å². The topological polar surface area (TPSA) is 105 Å². The first-order valence-corrected chi connectivity index (χ1v) is 9.51. The number of carbonyl (C=O) groups excluding carboxylic acids is 1. The molecule has 1 amide bonds. The van der Waals surface area contributed by atoms with Crippen molar-refractivity contribution in [3.63, 3.8) is 0 Å². The summed E-state index contributed by atoms with van der Waals surface area (Å²) >= 11 is 2.81. The van der Waals surface area contributed by atoms with Crippen molar-refractivity contribution in [3.05, 3.63) is 36.0 Å². The minimum Gasteiger partial charge on any atom is -0.384 e. The third-order valence-electron chi connectivity index (χ3n) is 3.05. The number of thioether (sulfide) groups is 2. The van der Waals surface area contributed by atoms with Gasteiger partial charge in [0.05, 0.1) is 17.5 Å². The molecule has 130 valence electrons. The highest BCUT2D eigenvalue weighted by atomic mass is 32.2. The van der Waals surface area contributed by atoms with Gasteiger partial charge in [0.25, 0.3) is 0 Å². The van der Waals surface area contributed by atoms with Gasteiger partial charge >= 0.3 is 0 Å². The number of hydrogen-bond acceptors (Lipinski definition) is 7. The number of aromatic nitrogens is 2. The maximum absolute atomic E-state index is 12.2. The molecular weight excluding hydrogens is 354 g/mol. The van der Waals surface area contributed by atoms with Crippen molar-refractivity contribution >= 4 is 40.9 Å². The number of carbonyl (C=O) groups is 1. The lowest BCUT2D eigenvalue weighted by Crippen LogP contribution is -2.15. The standard InChI is InChI=1S/C17H19N5OS2/c1-11-9-15(19)22-17(20-11)24-10-16(23)21-13-5-3-4-6-14(13)25-12(2)7-8-18/h3-6,9,12H,7,10H2,1-2H3,(H,21,23)(H2,19,20,22). The molecule has 6 nitrogen and oxygen atoms in total. The quantitative estimate of drug-likeness (QED) is 0.565. The second kappa shape index (κ2) is 9.30. The molecule has 1 heterocycles. The molecule has 0 aliphatic rings. The molecule has 1 aromatic heterocycles. The Hall–Kier alpha value is -2.24. The Morgan fingerprint density at radius 3 is 2.88 bits per heavy atom. The van der Waals surface area contributed by atoms with Gasteiger partial charge in [-0.2, -0.15) is 5.26 Å². The zero-order chi connectivity index (χ0) is 18.2. The highest BCUT2D eigenvalue weighted by Gasteiger charge is 2.11. The zero-order valence-corrected chi connectivity index (χ0v) is 15.7. The van der Waals surface area contributed by atoms with Crippen LogP contribution in [0.5, 0.6) is 0 Å². The van der Waals surface area contributed by atoms with Gasteiger partial charge in [-0.1, -0.05) is 30.8 Å². The maximum Gasteiger partial charge on any atom is 0.234 e. The van der Waals surface area contributed by atoms with Gasteiger partial charge in [0.1, 0.15) is 5.82 Å². The van der Waals surface area contributed by atoms with Crippen molar-refractivity contribution in [1.29, 1.82) is 5.26 Å². The number of nitrogens with zero attached hydrogens (tertiary/aromatic N) is 3. The molecule has 2 rings (SSSR count). The summed E-state index contributed by atoms with van der Waals surface area (Å²) in [5.41, 5.74) is 7.20. The summed E-state index contributed by atoms with van der Waals surface area (Å²) in [7, 11) is 0. The molecule has 0 saturated carbocycles. The predicted octanol–water partition coefficient (Wildman–Crippen LogP) is 3.49. The van der Waals surface area contributed by atoms with Crippen molar-refractivity contribution in [2.75, 3.05) is 16.8 Å². The summed E-state index contributed by atoms with van der Waals surface area (Å²) < 4.78 is 0. The fourth-order valence-electron chi connectivity index (χ4n) is 2.01. The van der Waals surface area contributed by atoms with Gasteiger partial charge in [-0.25, -0.2) is 9.97 Å². The van der Waals surface area contributed by atoms with Gasteiger partial charge < -0.3 is 11.1 Å². The predicted molar refractivity (Wildman–Crippen MR) is 103 cm³/mol. The lowest BCUT2D eigenvalue weighted by Gasteiger charge is -2.13. The molecule has 0 aliphatic carbocycles. The average Bonchev–Trinajstić information content (AvgIpc) is 2.54. The second-order valence-electron chi connectivity index (χ2n) is 5.34. The van der Waals surface area contributed by atoms with Crippen molar-refractivity contribution in [2.45, 2.75) is 35.6 Å². The van der Waals surface area contributed by atoms with Crippen LogP contribution in [-0.2, 0) is 4.79 Å². The normalized spacial score (nSPS) is 11.6. The largest absolute Gasteiger partial charge is 0.384 e. The molecule has 0 radical (unpaired) electrons. The number of hydrogen-bond donors (Lipinski definition) is 2. The van der Waals surface area contributed by atoms with E-state index in [9.17, 15) is 4.79 Å². The fourth-order valence-corrected chi connectivity index (χ4v) is 3.71. The molecule has 0 bridgehead atoms. The first-order valence-electron chi connectivity index (χ1n) is 7.64. The van der Waals surface area contributed by atoms with E-state index in [1.54, 1.807) is 17.8 Å². The molecule has 0 aliphatic heterocycles. The van der Waals surface area contributed by atoms with Crippen LogP contribution in [0.1, 0.15) is 19.0 Å². The van der Waals surface area contributed by atoms with Crippen LogP contribution in [0.4, 0.5) is 11.5 Å². The smallest absolute Gasteiger partial charge is 0.234 e. The van der Waals surface area contributed by atoms with E-state index in [0.29, 0.717) is 17.4 Å². The second-order valence-corrected chi connectivity index (χ2v) is 7.76. The van der Waals surface area contributed by atoms with Crippen LogP contribution in [-0.4, -0.2) is 26.9 Å². The van der Waals surface area contributed by atoms with Crippen LogP contribution in [0.15, 0.2) is 40.4 Å². The first kappa shape index (κ1) is 19.1. The molecule has 0 spiro atoms. The highest BCUT2D eigenvalue weighted by molar-refractivity contribution is 8.00. The Bertz CT molecular complexity index is 771. The van der Waals surface area contributed by atoms with Gasteiger partial charge in [0, 0.05) is 28.3 Å². The molecule has 2 aromatic rings. The van der Waals surface area contributed by atoms with E-state index in [1.807, 2.05) is 38.1 Å². The lowest BCUT2D eigenvalue weighted by molar-refractivity contribution is -0.113. The Morgan fingerprint density at radius 2 is 2.16 bits per heavy atom. The number of nitrogens with one attached hydrogen (secondary N) is 1. The number of benzene rings is 1. The number of nitriles is 1. The van der Waals surface area contributed by atoms with Crippen LogP contribution in [0, 0.1) is 18.3 Å². The Kier molecular flexibility index (Phi) is 7.10. The molecule has 0 saturated heterocycles. The van der Waals surface area contributed by atoms with Crippen LogP contribution in [0.2, 0.25) is 0 Å². The van der Waals surface area contributed by atoms with Gasteiger partial charge in [-0.15, -0.1) is 11.8 Å². The van der Waals surface area contributed by atoms with Crippen molar-refractivity contribution in [3.8, 4) is 6.07 Å². The fraction of sp³-hybridized carbons (Fsp3) is 0.294. The lowest BCUT2D eigenvalue weighted by atomic mass is 10.3. The SMILES string of the molecule is Cc1cc(N)nc(SCC(=O)Nc2ccccc2SC(C)CC#N)n1. The first-order chi connectivity index (χ1) is 12.0. The van der Waals surface area contributed by atoms with Crippen molar-refractivity contribution in [1.82, 2.24) is 9.97 Å². The van der Waals surface area contributed by atoms with E-state index in [1.165, 1.54) is 11.8 Å². The number of para-hydroxylation sites is 1. The Labute approximate surface area is 155 Å². The molecule has 8 heteroatoms. The third-order valence-corrected chi connectivity index (χ3v) is 5.08. The minimum atomic E-state index is -0.144. The Balaban J connectivity index is 1.97. The molecule has 1 aromatic carbocycles. The number of nitrogens with two attached hydrogens (primary N) is 1. The number of anilines is 2. The van der Waals surface area contributed by atoms with E-state index >= 15 is 0 Å². The van der Waals surface area contributed by atoms with Gasteiger partial charge in [0.2, 0.25) is 5.91 Å². The summed E-state index contributed by atoms with van der Waals surface area (Å²) in [4.78, 5) is 21.5. The number of amides is 1. The van der Waals surface area contributed by atoms with Crippen LogP contribution < -0.4 is 11.1 Å². The van der Waals surface area contributed by atoms with Crippen LogP contribution in [0.3, 0.4) is 0 Å². The van der Waals surface area contributed by atoms with Crippen LogP contribution in [0.25, 0.3) is 0 Å². The number of nitrogen functional groups attached to an aromatic ring is 1. The Morgan fingerprint density at radius 1 is 1.40 bits per heavy atom. The van der Waals surface area contributed by atoms with Crippen LogP contribution >= 0.6 is 23.5 Å². The van der Waals surface area contributed by atoms with Gasteiger partial charge in [0.15, 0.2) is 5.16 Å². The van der Waals surface area contributed by atoms with E-state index < -0.39 is 0 Å².